The van der Waals surface area contributed by atoms with Crippen LogP contribution in [-0.4, -0.2) is 88.0 Å². The molecule has 37 heavy (non-hydrogen) atoms. The minimum Gasteiger partial charge on any atom is -0.390 e. The lowest BCUT2D eigenvalue weighted by Crippen LogP contribution is -2.50. The fourth-order valence-electron chi connectivity index (χ4n) is 5.88. The minimum atomic E-state index is -1.44. The SMILES string of the molecule is Cc1cccc(N2CCN(C(=O)Cn3nc(C(=O)N4CC[C@H](O)[C@H](F)C4)c4c3CCCCC4)CC2)c1C. The van der Waals surface area contributed by atoms with Gasteiger partial charge in [0.05, 0.1) is 12.6 Å². The fraction of sp³-hybridized carbons (Fsp3) is 0.607. The molecule has 0 spiro atoms. The zero-order valence-electron chi connectivity index (χ0n) is 22.0. The summed E-state index contributed by atoms with van der Waals surface area (Å²) in [7, 11) is 0. The smallest absolute Gasteiger partial charge is 0.274 e. The second-order valence-electron chi connectivity index (χ2n) is 10.7. The lowest BCUT2D eigenvalue weighted by molar-refractivity contribution is -0.132. The van der Waals surface area contributed by atoms with Gasteiger partial charge in [0.25, 0.3) is 5.91 Å². The Balaban J connectivity index is 1.29. The fourth-order valence-corrected chi connectivity index (χ4v) is 5.88. The highest BCUT2D eigenvalue weighted by atomic mass is 19.1. The van der Waals surface area contributed by atoms with Gasteiger partial charge in [0.2, 0.25) is 5.91 Å². The van der Waals surface area contributed by atoms with E-state index in [-0.39, 0.29) is 31.3 Å². The van der Waals surface area contributed by atoms with E-state index in [0.29, 0.717) is 25.3 Å². The molecule has 3 aliphatic rings. The number of aliphatic hydroxyl groups excluding tert-OH is 1. The molecule has 200 valence electrons. The van der Waals surface area contributed by atoms with Crippen molar-refractivity contribution in [3.8, 4) is 0 Å². The van der Waals surface area contributed by atoms with Crippen LogP contribution in [0.15, 0.2) is 18.2 Å². The first kappa shape index (κ1) is 25.7. The Morgan fingerprint density at radius 2 is 1.78 bits per heavy atom. The number of benzene rings is 1. The Morgan fingerprint density at radius 1 is 1.03 bits per heavy atom. The Kier molecular flexibility index (Phi) is 7.51. The molecule has 1 N–H and O–H groups in total. The summed E-state index contributed by atoms with van der Waals surface area (Å²) in [4.78, 5) is 32.4. The first-order valence-corrected chi connectivity index (χ1v) is 13.6. The van der Waals surface area contributed by atoms with Crippen LogP contribution in [0.2, 0.25) is 0 Å². The molecule has 8 nitrogen and oxygen atoms in total. The highest BCUT2D eigenvalue weighted by Crippen LogP contribution is 2.27. The number of anilines is 1. The predicted molar refractivity (Wildman–Crippen MR) is 140 cm³/mol. The van der Waals surface area contributed by atoms with Crippen LogP contribution in [-0.2, 0) is 24.2 Å². The third-order valence-electron chi connectivity index (χ3n) is 8.34. The van der Waals surface area contributed by atoms with Crippen LogP contribution in [0, 0.1) is 13.8 Å². The number of hydrogen-bond donors (Lipinski definition) is 1. The van der Waals surface area contributed by atoms with Crippen molar-refractivity contribution in [3.63, 3.8) is 0 Å². The molecule has 1 aromatic carbocycles. The number of nitrogens with zero attached hydrogens (tertiary/aromatic N) is 5. The lowest BCUT2D eigenvalue weighted by atomic mass is 10.0. The van der Waals surface area contributed by atoms with Gasteiger partial charge in [-0.2, -0.15) is 5.10 Å². The molecule has 0 bridgehead atoms. The van der Waals surface area contributed by atoms with Crippen molar-refractivity contribution >= 4 is 17.5 Å². The van der Waals surface area contributed by atoms with Crippen LogP contribution in [0.5, 0.6) is 0 Å². The number of likely N-dealkylation sites (tertiary alicyclic amines) is 1. The van der Waals surface area contributed by atoms with E-state index in [4.69, 9.17) is 0 Å². The van der Waals surface area contributed by atoms with Gasteiger partial charge < -0.3 is 19.8 Å². The lowest BCUT2D eigenvalue weighted by Gasteiger charge is -2.37. The van der Waals surface area contributed by atoms with E-state index in [1.165, 1.54) is 21.7 Å². The highest BCUT2D eigenvalue weighted by molar-refractivity contribution is 5.94. The van der Waals surface area contributed by atoms with E-state index in [9.17, 15) is 19.1 Å². The number of alkyl halides is 1. The van der Waals surface area contributed by atoms with Gasteiger partial charge in [-0.15, -0.1) is 0 Å². The van der Waals surface area contributed by atoms with E-state index in [0.717, 1.165) is 56.5 Å². The zero-order valence-corrected chi connectivity index (χ0v) is 22.0. The van der Waals surface area contributed by atoms with E-state index < -0.39 is 12.3 Å². The van der Waals surface area contributed by atoms with E-state index >= 15 is 0 Å². The summed E-state index contributed by atoms with van der Waals surface area (Å²) >= 11 is 0. The van der Waals surface area contributed by atoms with Gasteiger partial charge in [0.1, 0.15) is 12.7 Å². The summed E-state index contributed by atoms with van der Waals surface area (Å²) in [6.07, 6.45) is 2.33. The highest BCUT2D eigenvalue weighted by Gasteiger charge is 2.34. The van der Waals surface area contributed by atoms with Crippen molar-refractivity contribution in [1.82, 2.24) is 19.6 Å². The zero-order chi connectivity index (χ0) is 26.1. The maximum atomic E-state index is 14.1. The Labute approximate surface area is 218 Å². The average molecular weight is 512 g/mol. The largest absolute Gasteiger partial charge is 0.390 e. The Morgan fingerprint density at radius 3 is 2.54 bits per heavy atom. The molecule has 0 radical (unpaired) electrons. The molecule has 2 aromatic rings. The second-order valence-corrected chi connectivity index (χ2v) is 10.7. The van der Waals surface area contributed by atoms with Gasteiger partial charge in [-0.05, 0) is 63.1 Å². The maximum Gasteiger partial charge on any atom is 0.274 e. The average Bonchev–Trinajstić information content (AvgIpc) is 3.06. The summed E-state index contributed by atoms with van der Waals surface area (Å²) in [5.74, 6) is -0.278. The molecule has 1 aliphatic carbocycles. The third-order valence-corrected chi connectivity index (χ3v) is 8.34. The van der Waals surface area contributed by atoms with Gasteiger partial charge >= 0.3 is 0 Å². The summed E-state index contributed by atoms with van der Waals surface area (Å²) in [5.41, 5.74) is 6.01. The topological polar surface area (TPSA) is 81.9 Å². The summed E-state index contributed by atoms with van der Waals surface area (Å²) in [6.45, 7) is 7.43. The quantitative estimate of drug-likeness (QED) is 0.639. The van der Waals surface area contributed by atoms with Gasteiger partial charge in [-0.25, -0.2) is 4.39 Å². The molecule has 5 rings (SSSR count). The van der Waals surface area contributed by atoms with E-state index in [1.54, 1.807) is 4.68 Å². The molecule has 9 heteroatoms. The molecule has 0 unspecified atom stereocenters. The first-order chi connectivity index (χ1) is 17.8. The van der Waals surface area contributed by atoms with Crippen molar-refractivity contribution in [2.24, 2.45) is 0 Å². The summed E-state index contributed by atoms with van der Waals surface area (Å²) < 4.78 is 15.9. The van der Waals surface area contributed by atoms with Crippen LogP contribution >= 0.6 is 0 Å². The number of aromatic nitrogens is 2. The number of halogens is 1. The second kappa shape index (κ2) is 10.8. The van der Waals surface area contributed by atoms with Crippen molar-refractivity contribution in [3.05, 3.63) is 46.3 Å². The van der Waals surface area contributed by atoms with Gasteiger partial charge in [-0.3, -0.25) is 14.3 Å². The number of amides is 2. The molecule has 2 atom stereocenters. The van der Waals surface area contributed by atoms with E-state index in [1.807, 2.05) is 4.90 Å². The van der Waals surface area contributed by atoms with Crippen molar-refractivity contribution in [1.29, 1.82) is 0 Å². The minimum absolute atomic E-state index is 0.0130. The number of fused-ring (bicyclic) bond motifs is 1. The molecule has 2 aliphatic heterocycles. The number of carbonyl (C=O) groups excluding carboxylic acids is 2. The predicted octanol–water partition coefficient (Wildman–Crippen LogP) is 2.66. The van der Waals surface area contributed by atoms with Crippen molar-refractivity contribution in [2.75, 3.05) is 44.2 Å². The van der Waals surface area contributed by atoms with Crippen LogP contribution < -0.4 is 4.90 Å². The van der Waals surface area contributed by atoms with Gasteiger partial charge in [-0.1, -0.05) is 18.6 Å². The van der Waals surface area contributed by atoms with Crippen LogP contribution in [0.4, 0.5) is 10.1 Å². The van der Waals surface area contributed by atoms with Crippen LogP contribution in [0.1, 0.15) is 58.6 Å². The maximum absolute atomic E-state index is 14.1. The molecular weight excluding hydrogens is 473 g/mol. The van der Waals surface area contributed by atoms with Crippen LogP contribution in [0.25, 0.3) is 0 Å². The molecule has 2 fully saturated rings. The normalized spacial score (nSPS) is 22.5. The summed E-state index contributed by atoms with van der Waals surface area (Å²) in [5, 5.41) is 14.4. The number of hydrogen-bond acceptors (Lipinski definition) is 5. The molecule has 0 saturated carbocycles. The monoisotopic (exact) mass is 511 g/mol. The third kappa shape index (κ3) is 5.23. The summed E-state index contributed by atoms with van der Waals surface area (Å²) in [6, 6.07) is 6.35. The molecule has 2 amide bonds. The number of carbonyl (C=O) groups is 2. The molecule has 3 heterocycles. The molecular formula is C28H38FN5O3. The van der Waals surface area contributed by atoms with Crippen molar-refractivity contribution in [2.45, 2.75) is 71.2 Å². The number of piperazine rings is 1. The number of piperidine rings is 1. The Hall–Kier alpha value is -2.94. The number of aliphatic hydroxyl groups is 1. The van der Waals surface area contributed by atoms with Crippen LogP contribution in [0.3, 0.4) is 0 Å². The Bertz CT molecular complexity index is 1160. The number of rotatable bonds is 4. The molecule has 2 saturated heterocycles. The van der Waals surface area contributed by atoms with Gasteiger partial charge in [0.15, 0.2) is 5.69 Å². The standard InChI is InChI=1S/C28H38FN5O3/c1-19-7-6-10-23(20(19)2)31-13-15-32(16-14-31)26(36)18-34-24-9-5-3-4-8-21(24)27(30-34)28(37)33-12-11-25(35)22(29)17-33/h6-7,10,22,25,35H,3-5,8-9,11-18H2,1-2H3/t22-,25+/m1/s1. The van der Waals surface area contributed by atoms with Crippen molar-refractivity contribution < 1.29 is 19.1 Å². The van der Waals surface area contributed by atoms with E-state index in [2.05, 4.69) is 42.0 Å². The number of aryl methyl sites for hydroxylation is 1. The van der Waals surface area contributed by atoms with Gasteiger partial charge in [0, 0.05) is 49.7 Å². The first-order valence-electron chi connectivity index (χ1n) is 13.6. The molecule has 1 aromatic heterocycles.